The molecule has 2 amide bonds. The molecule has 0 aliphatic heterocycles. The number of methoxy groups -OCH3 is 1. The molecule has 6 nitrogen and oxygen atoms in total. The fraction of sp³-hybridized carbons (Fsp3) is 0.421. The number of hydrogen-bond acceptors (Lipinski definition) is 5. The molecule has 0 saturated heterocycles. The summed E-state index contributed by atoms with van der Waals surface area (Å²) in [5, 5.41) is 5.28. The van der Waals surface area contributed by atoms with Gasteiger partial charge in [-0.05, 0) is 52.0 Å². The van der Waals surface area contributed by atoms with Crippen LogP contribution in [0.2, 0.25) is 0 Å². The lowest BCUT2D eigenvalue weighted by Crippen LogP contribution is -2.36. The highest BCUT2D eigenvalue weighted by Gasteiger charge is 2.21. The molecule has 1 heterocycles. The summed E-state index contributed by atoms with van der Waals surface area (Å²) in [6.07, 6.45) is 0. The average Bonchev–Trinajstić information content (AvgIpc) is 3.07. The largest absolute Gasteiger partial charge is 0.497 e. The van der Waals surface area contributed by atoms with Gasteiger partial charge in [0.2, 0.25) is 0 Å². The maximum atomic E-state index is 12.9. The molecule has 7 heteroatoms. The maximum absolute atomic E-state index is 12.9. The van der Waals surface area contributed by atoms with E-state index < -0.39 is 0 Å². The lowest BCUT2D eigenvalue weighted by Gasteiger charge is -2.26. The molecule has 140 valence electrons. The van der Waals surface area contributed by atoms with Crippen LogP contribution in [-0.4, -0.2) is 40.9 Å². The molecule has 0 fully saturated rings. The van der Waals surface area contributed by atoms with Crippen LogP contribution < -0.4 is 10.1 Å². The molecule has 0 atom stereocenters. The van der Waals surface area contributed by atoms with Crippen LogP contribution in [0.3, 0.4) is 0 Å². The van der Waals surface area contributed by atoms with Gasteiger partial charge in [-0.2, -0.15) is 0 Å². The van der Waals surface area contributed by atoms with Gasteiger partial charge in [0.15, 0.2) is 0 Å². The number of amides is 2. The first kappa shape index (κ1) is 19.9. The number of aromatic nitrogens is 1. The van der Waals surface area contributed by atoms with Crippen molar-refractivity contribution in [2.45, 2.75) is 46.3 Å². The summed E-state index contributed by atoms with van der Waals surface area (Å²) in [4.78, 5) is 31.0. The van der Waals surface area contributed by atoms with Crippen molar-refractivity contribution in [3.63, 3.8) is 0 Å². The normalized spacial score (nSPS) is 10.9. The second-order valence-electron chi connectivity index (χ2n) is 6.51. The molecule has 0 unspecified atom stereocenters. The van der Waals surface area contributed by atoms with E-state index in [9.17, 15) is 9.59 Å². The number of rotatable bonds is 7. The third kappa shape index (κ3) is 5.05. The van der Waals surface area contributed by atoms with Crippen LogP contribution in [0.1, 0.15) is 53.5 Å². The van der Waals surface area contributed by atoms with Crippen LogP contribution in [-0.2, 0) is 6.54 Å². The smallest absolute Gasteiger partial charge is 0.270 e. The second-order valence-corrected chi connectivity index (χ2v) is 7.45. The molecule has 1 N–H and O–H groups in total. The van der Waals surface area contributed by atoms with Crippen LogP contribution in [0.25, 0.3) is 0 Å². The van der Waals surface area contributed by atoms with Gasteiger partial charge in [-0.15, -0.1) is 11.3 Å². The minimum atomic E-state index is -0.194. The van der Waals surface area contributed by atoms with Crippen molar-refractivity contribution >= 4 is 23.2 Å². The number of hydrogen-bond donors (Lipinski definition) is 1. The minimum absolute atomic E-state index is 0.00134. The van der Waals surface area contributed by atoms with Crippen LogP contribution >= 0.6 is 11.3 Å². The molecule has 26 heavy (non-hydrogen) atoms. The molecule has 0 saturated carbocycles. The number of nitrogens with one attached hydrogen (secondary N) is 1. The number of carbonyl (C=O) groups is 2. The van der Waals surface area contributed by atoms with Gasteiger partial charge in [0.1, 0.15) is 16.5 Å². The lowest BCUT2D eigenvalue weighted by atomic mass is 10.1. The van der Waals surface area contributed by atoms with Gasteiger partial charge >= 0.3 is 0 Å². The van der Waals surface area contributed by atoms with E-state index in [1.807, 2.05) is 27.7 Å². The van der Waals surface area contributed by atoms with E-state index in [0.29, 0.717) is 23.6 Å². The van der Waals surface area contributed by atoms with E-state index >= 15 is 0 Å². The van der Waals surface area contributed by atoms with Crippen molar-refractivity contribution in [2.24, 2.45) is 0 Å². The molecule has 0 aliphatic rings. The first-order valence-electron chi connectivity index (χ1n) is 8.52. The summed E-state index contributed by atoms with van der Waals surface area (Å²) in [5.74, 6) is 0.435. The Kier molecular flexibility index (Phi) is 6.74. The van der Waals surface area contributed by atoms with Gasteiger partial charge in [0, 0.05) is 23.0 Å². The molecule has 0 radical (unpaired) electrons. The third-order valence-electron chi connectivity index (χ3n) is 3.73. The number of benzene rings is 1. The zero-order valence-corrected chi connectivity index (χ0v) is 16.6. The number of nitrogens with zero attached hydrogens (tertiary/aromatic N) is 2. The lowest BCUT2D eigenvalue weighted by molar-refractivity contribution is 0.0690. The van der Waals surface area contributed by atoms with Crippen LogP contribution in [0.5, 0.6) is 5.75 Å². The van der Waals surface area contributed by atoms with Crippen molar-refractivity contribution in [3.8, 4) is 5.75 Å². The van der Waals surface area contributed by atoms with E-state index in [1.54, 1.807) is 41.7 Å². The molecule has 2 rings (SSSR count). The first-order chi connectivity index (χ1) is 12.3. The first-order valence-corrected chi connectivity index (χ1v) is 9.40. The molecule has 0 bridgehead atoms. The highest BCUT2D eigenvalue weighted by molar-refractivity contribution is 7.09. The van der Waals surface area contributed by atoms with Crippen molar-refractivity contribution in [3.05, 3.63) is 45.9 Å². The standard InChI is InChI=1S/C19H25N3O3S/c1-12(2)20-18(23)16-11-26-17(21-16)10-22(13(3)4)19(24)14-6-8-15(25-5)9-7-14/h6-9,11-13H,10H2,1-5H3,(H,20,23). The Labute approximate surface area is 158 Å². The summed E-state index contributed by atoms with van der Waals surface area (Å²) in [5.41, 5.74) is 0.980. The molecule has 1 aromatic carbocycles. The number of ether oxygens (including phenoxy) is 1. The third-order valence-corrected chi connectivity index (χ3v) is 4.56. The fourth-order valence-corrected chi connectivity index (χ4v) is 3.13. The molecule has 0 aliphatic carbocycles. The van der Waals surface area contributed by atoms with Gasteiger partial charge in [-0.25, -0.2) is 4.98 Å². The van der Waals surface area contributed by atoms with Gasteiger partial charge in [-0.1, -0.05) is 0 Å². The van der Waals surface area contributed by atoms with E-state index in [4.69, 9.17) is 4.74 Å². The fourth-order valence-electron chi connectivity index (χ4n) is 2.36. The molecular formula is C19H25N3O3S. The number of carbonyl (C=O) groups excluding carboxylic acids is 2. The predicted octanol–water partition coefficient (Wildman–Crippen LogP) is 3.34. The van der Waals surface area contributed by atoms with Gasteiger partial charge in [-0.3, -0.25) is 9.59 Å². The van der Waals surface area contributed by atoms with Gasteiger partial charge < -0.3 is 15.0 Å². The quantitative estimate of drug-likeness (QED) is 0.806. The van der Waals surface area contributed by atoms with E-state index in [1.165, 1.54) is 11.3 Å². The predicted molar refractivity (Wildman–Crippen MR) is 103 cm³/mol. The Morgan fingerprint density at radius 2 is 1.85 bits per heavy atom. The Morgan fingerprint density at radius 1 is 1.19 bits per heavy atom. The van der Waals surface area contributed by atoms with Crippen molar-refractivity contribution in [2.75, 3.05) is 7.11 Å². The van der Waals surface area contributed by atoms with E-state index in [2.05, 4.69) is 10.3 Å². The summed E-state index contributed by atoms with van der Waals surface area (Å²) < 4.78 is 5.13. The molecule has 2 aromatic rings. The summed E-state index contributed by atoms with van der Waals surface area (Å²) >= 11 is 1.38. The van der Waals surface area contributed by atoms with Crippen LogP contribution in [0.15, 0.2) is 29.6 Å². The molecular weight excluding hydrogens is 350 g/mol. The Bertz CT molecular complexity index is 754. The topological polar surface area (TPSA) is 71.5 Å². The Morgan fingerprint density at radius 3 is 2.38 bits per heavy atom. The highest BCUT2D eigenvalue weighted by Crippen LogP contribution is 2.18. The van der Waals surface area contributed by atoms with Gasteiger partial charge in [0.05, 0.1) is 13.7 Å². The average molecular weight is 375 g/mol. The summed E-state index contributed by atoms with van der Waals surface area (Å²) in [7, 11) is 1.59. The SMILES string of the molecule is COc1ccc(C(=O)N(Cc2nc(C(=O)NC(C)C)cs2)C(C)C)cc1. The van der Waals surface area contributed by atoms with Crippen LogP contribution in [0.4, 0.5) is 0 Å². The summed E-state index contributed by atoms with van der Waals surface area (Å²) in [6, 6.07) is 7.09. The van der Waals surface area contributed by atoms with Crippen molar-refractivity contribution in [1.29, 1.82) is 0 Å². The zero-order chi connectivity index (χ0) is 19.3. The molecule has 0 spiro atoms. The second kappa shape index (κ2) is 8.80. The van der Waals surface area contributed by atoms with E-state index in [0.717, 1.165) is 5.01 Å². The Hall–Kier alpha value is -2.41. The maximum Gasteiger partial charge on any atom is 0.270 e. The molecule has 1 aromatic heterocycles. The van der Waals surface area contributed by atoms with E-state index in [-0.39, 0.29) is 23.9 Å². The van der Waals surface area contributed by atoms with Crippen molar-refractivity contribution < 1.29 is 14.3 Å². The zero-order valence-electron chi connectivity index (χ0n) is 15.8. The van der Waals surface area contributed by atoms with Crippen molar-refractivity contribution in [1.82, 2.24) is 15.2 Å². The summed E-state index contributed by atoms with van der Waals surface area (Å²) in [6.45, 7) is 8.09. The monoisotopic (exact) mass is 375 g/mol. The Balaban J connectivity index is 2.14. The highest BCUT2D eigenvalue weighted by atomic mass is 32.1. The minimum Gasteiger partial charge on any atom is -0.497 e. The number of thiazole rings is 1. The van der Waals surface area contributed by atoms with Gasteiger partial charge in [0.25, 0.3) is 11.8 Å². The van der Waals surface area contributed by atoms with Crippen LogP contribution in [0, 0.1) is 0 Å².